The molecule has 0 bridgehead atoms. The Morgan fingerprint density at radius 3 is 2.30 bits per heavy atom. The third-order valence-electron chi connectivity index (χ3n) is 6.61. The number of halogens is 3. The molecule has 2 heterocycles. The van der Waals surface area contributed by atoms with Gasteiger partial charge < -0.3 is 30.6 Å². The van der Waals surface area contributed by atoms with Gasteiger partial charge in [0.1, 0.15) is 11.6 Å². The molecule has 0 amide bonds. The van der Waals surface area contributed by atoms with E-state index in [2.05, 4.69) is 15.0 Å². The molecule has 11 heteroatoms. The first kappa shape index (κ1) is 32.8. The van der Waals surface area contributed by atoms with Gasteiger partial charge >= 0.3 is 6.36 Å². The summed E-state index contributed by atoms with van der Waals surface area (Å²) in [6.07, 6.45) is 1.82. The standard InChI is InChI=1S/C21H25F3N4O2.C8H14O2/c1-3-13(4-2)19(25)18-17(9-10-26-20(18)28-11-15(29)12-28)27-14-5-7-16(8-6-14)30-21(22,23)24;1-3-7(2)8(10)5-4-6-9/h5-10,13,15,25,29H,3-4,11-12H2,1-2H3,(H,26,27);4-5,7,9H,3,6H2,1-2H3/b;5-4+. The molecule has 1 atom stereocenters. The number of carbonyl (C=O) groups excluding carboxylic acids is 1. The highest BCUT2D eigenvalue weighted by Gasteiger charge is 2.32. The van der Waals surface area contributed by atoms with Crippen molar-refractivity contribution in [2.24, 2.45) is 11.8 Å². The maximum absolute atomic E-state index is 12.4. The van der Waals surface area contributed by atoms with Crippen molar-refractivity contribution < 1.29 is 32.9 Å². The number of aliphatic hydroxyl groups excluding tert-OH is 2. The number of allylic oxidation sites excluding steroid dienone is 1. The molecule has 1 aliphatic heterocycles. The van der Waals surface area contributed by atoms with E-state index in [9.17, 15) is 23.1 Å². The van der Waals surface area contributed by atoms with Crippen molar-refractivity contribution >= 4 is 28.7 Å². The minimum Gasteiger partial charge on any atom is -0.406 e. The number of ketones is 1. The van der Waals surface area contributed by atoms with Gasteiger partial charge in [-0.15, -0.1) is 13.2 Å². The van der Waals surface area contributed by atoms with Crippen LogP contribution in [0.1, 0.15) is 52.5 Å². The number of carbonyl (C=O) groups is 1. The lowest BCUT2D eigenvalue weighted by molar-refractivity contribution is -0.274. The first-order valence-corrected chi connectivity index (χ1v) is 13.4. The Kier molecular flexibility index (Phi) is 12.6. The lowest BCUT2D eigenvalue weighted by atomic mass is 9.90. The van der Waals surface area contributed by atoms with E-state index in [1.807, 2.05) is 32.6 Å². The Labute approximate surface area is 233 Å². The smallest absolute Gasteiger partial charge is 0.406 e. The molecule has 0 spiro atoms. The van der Waals surface area contributed by atoms with Crippen molar-refractivity contribution in [1.29, 1.82) is 5.41 Å². The summed E-state index contributed by atoms with van der Waals surface area (Å²) in [6, 6.07) is 7.18. The highest BCUT2D eigenvalue weighted by molar-refractivity contribution is 6.09. The lowest BCUT2D eigenvalue weighted by Crippen LogP contribution is -2.51. The van der Waals surface area contributed by atoms with E-state index in [0.717, 1.165) is 19.3 Å². The van der Waals surface area contributed by atoms with E-state index < -0.39 is 12.5 Å². The Morgan fingerprint density at radius 1 is 1.18 bits per heavy atom. The number of hydrogen-bond donors (Lipinski definition) is 4. The molecule has 1 aromatic carbocycles. The predicted molar refractivity (Wildman–Crippen MR) is 150 cm³/mol. The van der Waals surface area contributed by atoms with Crippen molar-refractivity contribution in [1.82, 2.24) is 4.98 Å². The fourth-order valence-corrected chi connectivity index (χ4v) is 4.02. The molecular weight excluding hydrogens is 525 g/mol. The third-order valence-corrected chi connectivity index (χ3v) is 6.61. The van der Waals surface area contributed by atoms with E-state index in [1.54, 1.807) is 12.3 Å². The molecule has 40 heavy (non-hydrogen) atoms. The average molecular weight is 565 g/mol. The van der Waals surface area contributed by atoms with E-state index in [-0.39, 0.29) is 30.0 Å². The number of β-amino-alcohol motifs (C(OH)–C–C–N with tert-alkyl or cyclic N) is 1. The Hall–Kier alpha value is -3.44. The van der Waals surface area contributed by atoms with Crippen molar-refractivity contribution in [3.8, 4) is 5.75 Å². The number of pyridine rings is 1. The van der Waals surface area contributed by atoms with Gasteiger partial charge in [-0.3, -0.25) is 4.79 Å². The number of ether oxygens (including phenoxy) is 1. The summed E-state index contributed by atoms with van der Waals surface area (Å²) in [4.78, 5) is 17.3. The molecule has 220 valence electrons. The van der Waals surface area contributed by atoms with Crippen LogP contribution in [0.25, 0.3) is 0 Å². The summed E-state index contributed by atoms with van der Waals surface area (Å²) in [6.45, 7) is 8.74. The normalized spacial score (nSPS) is 14.4. The molecule has 2 aromatic rings. The van der Waals surface area contributed by atoms with Crippen LogP contribution >= 0.6 is 0 Å². The Balaban J connectivity index is 0.000000478. The van der Waals surface area contributed by atoms with Crippen LogP contribution in [0.3, 0.4) is 0 Å². The van der Waals surface area contributed by atoms with Crippen LogP contribution in [0.2, 0.25) is 0 Å². The second kappa shape index (κ2) is 15.4. The molecule has 3 rings (SSSR count). The van der Waals surface area contributed by atoms with Gasteiger partial charge in [-0.1, -0.05) is 33.8 Å². The van der Waals surface area contributed by atoms with Gasteiger partial charge in [-0.05, 0) is 55.7 Å². The van der Waals surface area contributed by atoms with Crippen LogP contribution in [0.4, 0.5) is 30.4 Å². The number of aromatic nitrogens is 1. The van der Waals surface area contributed by atoms with Gasteiger partial charge in [-0.2, -0.15) is 0 Å². The van der Waals surface area contributed by atoms with Crippen LogP contribution in [0.5, 0.6) is 5.75 Å². The van der Waals surface area contributed by atoms with Crippen LogP contribution in [-0.2, 0) is 4.79 Å². The minimum absolute atomic E-state index is 0.0438. The highest BCUT2D eigenvalue weighted by atomic mass is 19.4. The molecule has 0 radical (unpaired) electrons. The summed E-state index contributed by atoms with van der Waals surface area (Å²) >= 11 is 0. The topological polar surface area (TPSA) is 119 Å². The SMILES string of the molecule is CCC(C)C(=O)/C=C/CO.CCC(CC)C(=N)c1c(Nc2ccc(OC(F)(F)F)cc2)ccnc1N1CC(O)C1. The molecular formula is C29H39F3N4O4. The number of aliphatic hydroxyl groups is 2. The fourth-order valence-electron chi connectivity index (χ4n) is 4.02. The zero-order valence-electron chi connectivity index (χ0n) is 23.3. The van der Waals surface area contributed by atoms with E-state index in [0.29, 0.717) is 41.6 Å². The van der Waals surface area contributed by atoms with Gasteiger partial charge in [0.2, 0.25) is 0 Å². The lowest BCUT2D eigenvalue weighted by Gasteiger charge is -2.38. The first-order chi connectivity index (χ1) is 18.9. The zero-order chi connectivity index (χ0) is 29.9. The molecule has 1 aromatic heterocycles. The van der Waals surface area contributed by atoms with Gasteiger partial charge in [0.15, 0.2) is 5.78 Å². The van der Waals surface area contributed by atoms with Gasteiger partial charge in [0.25, 0.3) is 0 Å². The van der Waals surface area contributed by atoms with Gasteiger partial charge in [0.05, 0.1) is 24.0 Å². The van der Waals surface area contributed by atoms with Crippen LogP contribution in [-0.4, -0.2) is 58.9 Å². The molecule has 1 aliphatic rings. The molecule has 1 fully saturated rings. The highest BCUT2D eigenvalue weighted by Crippen LogP contribution is 2.34. The number of rotatable bonds is 12. The van der Waals surface area contributed by atoms with Crippen LogP contribution < -0.4 is 15.0 Å². The fraction of sp³-hybridized carbons (Fsp3) is 0.483. The summed E-state index contributed by atoms with van der Waals surface area (Å²) in [7, 11) is 0. The maximum Gasteiger partial charge on any atom is 0.573 e. The zero-order valence-corrected chi connectivity index (χ0v) is 23.3. The number of anilines is 3. The quantitative estimate of drug-likeness (QED) is 0.188. The predicted octanol–water partition coefficient (Wildman–Crippen LogP) is 5.86. The van der Waals surface area contributed by atoms with Crippen LogP contribution in [0, 0.1) is 17.2 Å². The molecule has 8 nitrogen and oxygen atoms in total. The molecule has 1 saturated heterocycles. The first-order valence-electron chi connectivity index (χ1n) is 13.4. The van der Waals surface area contributed by atoms with Crippen LogP contribution in [0.15, 0.2) is 48.7 Å². The van der Waals surface area contributed by atoms with Crippen molar-refractivity contribution in [3.05, 3.63) is 54.2 Å². The largest absolute Gasteiger partial charge is 0.573 e. The molecule has 4 N–H and O–H groups in total. The minimum atomic E-state index is -4.74. The Morgan fingerprint density at radius 2 is 1.80 bits per heavy atom. The van der Waals surface area contributed by atoms with Gasteiger partial charge in [-0.25, -0.2) is 4.98 Å². The second-order valence-corrected chi connectivity index (χ2v) is 9.54. The number of nitrogens with one attached hydrogen (secondary N) is 2. The van der Waals surface area contributed by atoms with E-state index >= 15 is 0 Å². The van der Waals surface area contributed by atoms with E-state index in [4.69, 9.17) is 10.5 Å². The second-order valence-electron chi connectivity index (χ2n) is 9.54. The van der Waals surface area contributed by atoms with Gasteiger partial charge in [0, 0.05) is 42.5 Å². The molecule has 0 aliphatic carbocycles. The number of hydrogen-bond acceptors (Lipinski definition) is 8. The van der Waals surface area contributed by atoms with E-state index in [1.165, 1.54) is 36.4 Å². The molecule has 0 saturated carbocycles. The number of nitrogens with zero attached hydrogens (tertiary/aromatic N) is 2. The third kappa shape index (κ3) is 9.63. The van der Waals surface area contributed by atoms with Crippen molar-refractivity contribution in [3.63, 3.8) is 0 Å². The summed E-state index contributed by atoms with van der Waals surface area (Å²) in [5.41, 5.74) is 2.30. The summed E-state index contributed by atoms with van der Waals surface area (Å²) < 4.78 is 41.0. The average Bonchev–Trinajstić information content (AvgIpc) is 2.90. The molecule has 1 unspecified atom stereocenters. The van der Waals surface area contributed by atoms with Crippen molar-refractivity contribution in [2.45, 2.75) is 59.4 Å². The summed E-state index contributed by atoms with van der Waals surface area (Å²) in [5, 5.41) is 30.0. The monoisotopic (exact) mass is 564 g/mol. The number of alkyl halides is 3. The summed E-state index contributed by atoms with van der Waals surface area (Å²) in [5.74, 6) is 0.545. The number of benzene rings is 1. The van der Waals surface area contributed by atoms with Crippen molar-refractivity contribution in [2.75, 3.05) is 29.9 Å². The Bertz CT molecular complexity index is 1130. The maximum atomic E-state index is 12.4.